The van der Waals surface area contributed by atoms with Crippen LogP contribution in [0, 0.1) is 6.92 Å². The van der Waals surface area contributed by atoms with Gasteiger partial charge in [0.15, 0.2) is 0 Å². The van der Waals surface area contributed by atoms with Crippen molar-refractivity contribution in [3.63, 3.8) is 0 Å². The number of nitrogens with one attached hydrogen (secondary N) is 1. The Morgan fingerprint density at radius 2 is 1.95 bits per heavy atom. The molecule has 1 atom stereocenters. The van der Waals surface area contributed by atoms with Crippen molar-refractivity contribution < 1.29 is 9.90 Å². The van der Waals surface area contributed by atoms with E-state index in [0.29, 0.717) is 11.4 Å². The largest absolute Gasteiger partial charge is 0.385 e. The molecule has 4 heteroatoms. The fourth-order valence-electron chi connectivity index (χ4n) is 1.94. The molecule has 1 aromatic heterocycles. The van der Waals surface area contributed by atoms with Gasteiger partial charge in [-0.3, -0.25) is 4.79 Å². The molecule has 0 saturated heterocycles. The van der Waals surface area contributed by atoms with E-state index in [-0.39, 0.29) is 12.3 Å². The summed E-state index contributed by atoms with van der Waals surface area (Å²) in [5.41, 5.74) is 0.544. The van der Waals surface area contributed by atoms with Crippen LogP contribution in [0.3, 0.4) is 0 Å². The van der Waals surface area contributed by atoms with Crippen LogP contribution < -0.4 is 5.32 Å². The molecule has 0 fully saturated rings. The van der Waals surface area contributed by atoms with Gasteiger partial charge in [0.05, 0.1) is 12.0 Å². The molecule has 20 heavy (non-hydrogen) atoms. The van der Waals surface area contributed by atoms with Gasteiger partial charge >= 0.3 is 0 Å². The number of carbonyl (C=O) groups is 1. The number of benzene rings is 1. The average molecular weight is 270 g/mol. The zero-order chi connectivity index (χ0) is 14.6. The lowest BCUT2D eigenvalue weighted by Crippen LogP contribution is -2.28. The molecular formula is C16H18N2O2. The fraction of sp³-hybridized carbons (Fsp3) is 0.250. The smallest absolute Gasteiger partial charge is 0.228 e. The number of aryl methyl sites for hydroxylation is 1. The number of anilines is 1. The lowest BCUT2D eigenvalue weighted by molar-refractivity contribution is -0.120. The van der Waals surface area contributed by atoms with E-state index in [9.17, 15) is 9.90 Å². The molecule has 0 aliphatic rings. The minimum Gasteiger partial charge on any atom is -0.385 e. The first kappa shape index (κ1) is 14.2. The van der Waals surface area contributed by atoms with Crippen LogP contribution in [0.2, 0.25) is 0 Å². The van der Waals surface area contributed by atoms with Crippen molar-refractivity contribution in [3.8, 4) is 0 Å². The molecule has 4 nitrogen and oxygen atoms in total. The van der Waals surface area contributed by atoms with Gasteiger partial charge in [0.2, 0.25) is 5.91 Å². The number of rotatable bonds is 4. The molecule has 1 amide bonds. The third kappa shape index (κ3) is 3.65. The Kier molecular flexibility index (Phi) is 4.15. The van der Waals surface area contributed by atoms with E-state index in [4.69, 9.17) is 0 Å². The van der Waals surface area contributed by atoms with E-state index in [1.807, 2.05) is 31.2 Å². The maximum atomic E-state index is 12.0. The maximum Gasteiger partial charge on any atom is 0.228 e. The molecule has 1 aromatic carbocycles. The zero-order valence-corrected chi connectivity index (χ0v) is 11.6. The number of hydrogen-bond acceptors (Lipinski definition) is 3. The fourth-order valence-corrected chi connectivity index (χ4v) is 1.94. The van der Waals surface area contributed by atoms with Gasteiger partial charge in [0, 0.05) is 6.20 Å². The summed E-state index contributed by atoms with van der Waals surface area (Å²) >= 11 is 0. The van der Waals surface area contributed by atoms with Crippen LogP contribution in [-0.2, 0) is 10.4 Å². The number of amides is 1. The first-order chi connectivity index (χ1) is 9.47. The van der Waals surface area contributed by atoms with Gasteiger partial charge in [-0.2, -0.15) is 0 Å². The summed E-state index contributed by atoms with van der Waals surface area (Å²) in [6.07, 6.45) is 1.66. The molecule has 0 bridgehead atoms. The highest BCUT2D eigenvalue weighted by Crippen LogP contribution is 2.24. The third-order valence-corrected chi connectivity index (χ3v) is 3.08. The second-order valence-electron chi connectivity index (χ2n) is 5.09. The Hall–Kier alpha value is -2.20. The van der Waals surface area contributed by atoms with Crippen molar-refractivity contribution in [2.24, 2.45) is 0 Å². The van der Waals surface area contributed by atoms with Crippen molar-refractivity contribution in [2.75, 3.05) is 5.32 Å². The van der Waals surface area contributed by atoms with E-state index in [1.165, 1.54) is 0 Å². The quantitative estimate of drug-likeness (QED) is 0.897. The Morgan fingerprint density at radius 1 is 1.25 bits per heavy atom. The Labute approximate surface area is 118 Å². The number of pyridine rings is 1. The Bertz CT molecular complexity index is 577. The lowest BCUT2D eigenvalue weighted by atomic mass is 9.92. The van der Waals surface area contributed by atoms with Crippen molar-refractivity contribution in [1.29, 1.82) is 0 Å². The normalized spacial score (nSPS) is 13.6. The number of carbonyl (C=O) groups excluding carboxylic acids is 1. The van der Waals surface area contributed by atoms with Crippen molar-refractivity contribution >= 4 is 11.7 Å². The highest BCUT2D eigenvalue weighted by Gasteiger charge is 2.26. The van der Waals surface area contributed by atoms with E-state index >= 15 is 0 Å². The van der Waals surface area contributed by atoms with Gasteiger partial charge in [-0.15, -0.1) is 0 Å². The van der Waals surface area contributed by atoms with Gasteiger partial charge in [0.25, 0.3) is 0 Å². The Balaban J connectivity index is 2.02. The lowest BCUT2D eigenvalue weighted by Gasteiger charge is -2.23. The van der Waals surface area contributed by atoms with Gasteiger partial charge in [-0.25, -0.2) is 4.98 Å². The van der Waals surface area contributed by atoms with Gasteiger partial charge in [-0.1, -0.05) is 36.4 Å². The molecule has 2 aromatic rings. The zero-order valence-electron chi connectivity index (χ0n) is 11.6. The second-order valence-corrected chi connectivity index (χ2v) is 5.09. The summed E-state index contributed by atoms with van der Waals surface area (Å²) in [4.78, 5) is 16.1. The minimum absolute atomic E-state index is 0.0213. The molecule has 2 N–H and O–H groups in total. The SMILES string of the molecule is Cc1ccc(NC(=O)CC(C)(O)c2ccccc2)nc1. The molecule has 0 aliphatic heterocycles. The number of hydrogen-bond donors (Lipinski definition) is 2. The molecule has 0 spiro atoms. The highest BCUT2D eigenvalue weighted by molar-refractivity contribution is 5.90. The van der Waals surface area contributed by atoms with Crippen LogP contribution in [0.1, 0.15) is 24.5 Å². The standard InChI is InChI=1S/C16H18N2O2/c1-12-8-9-14(17-11-12)18-15(19)10-16(2,20)13-6-4-3-5-7-13/h3-9,11,20H,10H2,1-2H3,(H,17,18,19). The minimum atomic E-state index is -1.20. The molecule has 1 heterocycles. The predicted octanol–water partition coefficient (Wildman–Crippen LogP) is 2.63. The van der Waals surface area contributed by atoms with E-state index < -0.39 is 5.60 Å². The maximum absolute atomic E-state index is 12.0. The van der Waals surface area contributed by atoms with Crippen LogP contribution in [0.25, 0.3) is 0 Å². The second kappa shape index (κ2) is 5.84. The average Bonchev–Trinajstić information content (AvgIpc) is 2.42. The molecule has 2 rings (SSSR count). The van der Waals surface area contributed by atoms with Gasteiger partial charge < -0.3 is 10.4 Å². The predicted molar refractivity (Wildman–Crippen MR) is 78.2 cm³/mol. The Morgan fingerprint density at radius 3 is 2.55 bits per heavy atom. The summed E-state index contributed by atoms with van der Waals surface area (Å²) in [5, 5.41) is 13.1. The number of aliphatic hydroxyl groups is 1. The summed E-state index contributed by atoms with van der Waals surface area (Å²) in [7, 11) is 0. The van der Waals surface area contributed by atoms with Crippen molar-refractivity contribution in [3.05, 3.63) is 59.8 Å². The molecule has 1 unspecified atom stereocenters. The molecule has 0 aliphatic carbocycles. The van der Waals surface area contributed by atoms with E-state index in [1.54, 1.807) is 31.3 Å². The van der Waals surface area contributed by atoms with Crippen LogP contribution in [0.4, 0.5) is 5.82 Å². The molecular weight excluding hydrogens is 252 g/mol. The van der Waals surface area contributed by atoms with Crippen molar-refractivity contribution in [1.82, 2.24) is 4.98 Å². The third-order valence-electron chi connectivity index (χ3n) is 3.08. The number of aromatic nitrogens is 1. The first-order valence-electron chi connectivity index (χ1n) is 6.48. The highest BCUT2D eigenvalue weighted by atomic mass is 16.3. The van der Waals surface area contributed by atoms with Gasteiger partial charge in [-0.05, 0) is 31.0 Å². The molecule has 104 valence electrons. The van der Waals surface area contributed by atoms with Crippen LogP contribution in [0.15, 0.2) is 48.7 Å². The van der Waals surface area contributed by atoms with Crippen LogP contribution >= 0.6 is 0 Å². The van der Waals surface area contributed by atoms with Crippen LogP contribution in [0.5, 0.6) is 0 Å². The first-order valence-corrected chi connectivity index (χ1v) is 6.48. The van der Waals surface area contributed by atoms with E-state index in [2.05, 4.69) is 10.3 Å². The summed E-state index contributed by atoms with van der Waals surface area (Å²) in [6, 6.07) is 12.8. The van der Waals surface area contributed by atoms with E-state index in [0.717, 1.165) is 5.56 Å². The summed E-state index contributed by atoms with van der Waals surface area (Å²) in [6.45, 7) is 3.56. The molecule has 0 radical (unpaired) electrons. The van der Waals surface area contributed by atoms with Crippen LogP contribution in [-0.4, -0.2) is 16.0 Å². The van der Waals surface area contributed by atoms with Gasteiger partial charge in [0.1, 0.15) is 5.82 Å². The summed E-state index contributed by atoms with van der Waals surface area (Å²) in [5.74, 6) is 0.222. The topological polar surface area (TPSA) is 62.2 Å². The monoisotopic (exact) mass is 270 g/mol. The number of nitrogens with zero attached hydrogens (tertiary/aromatic N) is 1. The van der Waals surface area contributed by atoms with Crippen molar-refractivity contribution in [2.45, 2.75) is 25.9 Å². The summed E-state index contributed by atoms with van der Waals surface area (Å²) < 4.78 is 0. The molecule has 0 saturated carbocycles.